The molecule has 0 saturated carbocycles. The summed E-state index contributed by atoms with van der Waals surface area (Å²) in [5, 5.41) is 0.737. The van der Waals surface area contributed by atoms with Crippen molar-refractivity contribution < 1.29 is 14.3 Å². The Morgan fingerprint density at radius 2 is 1.68 bits per heavy atom. The van der Waals surface area contributed by atoms with Crippen LogP contribution in [0.2, 0.25) is 0 Å². The fourth-order valence-electron chi connectivity index (χ4n) is 2.14. The van der Waals surface area contributed by atoms with Crippen LogP contribution in [0.5, 0.6) is 11.5 Å². The van der Waals surface area contributed by atoms with E-state index in [2.05, 4.69) is 20.9 Å². The van der Waals surface area contributed by atoms with Crippen LogP contribution in [0.3, 0.4) is 0 Å². The molecule has 0 fully saturated rings. The van der Waals surface area contributed by atoms with Gasteiger partial charge in [-0.15, -0.1) is 11.3 Å². The number of aromatic nitrogens is 1. The van der Waals surface area contributed by atoms with Crippen LogP contribution in [-0.4, -0.2) is 11.0 Å². The number of esters is 1. The Kier molecular flexibility index (Phi) is 5.50. The fourth-order valence-corrected chi connectivity index (χ4v) is 3.26. The Bertz CT molecular complexity index is 873. The van der Waals surface area contributed by atoms with Gasteiger partial charge in [0.1, 0.15) is 28.0 Å². The zero-order valence-electron chi connectivity index (χ0n) is 13.8. The predicted molar refractivity (Wildman–Crippen MR) is 101 cm³/mol. The van der Waals surface area contributed by atoms with Gasteiger partial charge in [-0.05, 0) is 50.2 Å². The number of ether oxygens (including phenoxy) is 2. The SMILES string of the molecule is Cc1ccc(OCc2nc(C)c(C(=O)Oc3ccc(Br)cc3)s2)cc1. The number of nitrogens with zero attached hydrogens (tertiary/aromatic N) is 1. The van der Waals surface area contributed by atoms with E-state index in [1.54, 1.807) is 19.1 Å². The molecule has 0 radical (unpaired) electrons. The Labute approximate surface area is 158 Å². The third kappa shape index (κ3) is 4.67. The van der Waals surface area contributed by atoms with E-state index in [1.807, 2.05) is 43.3 Å². The first-order chi connectivity index (χ1) is 12.0. The van der Waals surface area contributed by atoms with Gasteiger partial charge < -0.3 is 9.47 Å². The van der Waals surface area contributed by atoms with E-state index in [0.29, 0.717) is 22.9 Å². The molecule has 0 amide bonds. The van der Waals surface area contributed by atoms with Crippen molar-refractivity contribution in [2.45, 2.75) is 20.5 Å². The van der Waals surface area contributed by atoms with Crippen molar-refractivity contribution in [2.75, 3.05) is 0 Å². The van der Waals surface area contributed by atoms with Crippen LogP contribution >= 0.6 is 27.3 Å². The van der Waals surface area contributed by atoms with Gasteiger partial charge in [0.25, 0.3) is 0 Å². The first kappa shape index (κ1) is 17.6. The van der Waals surface area contributed by atoms with Crippen LogP contribution in [0, 0.1) is 13.8 Å². The van der Waals surface area contributed by atoms with Gasteiger partial charge in [-0.3, -0.25) is 0 Å². The molecule has 0 aliphatic carbocycles. The van der Waals surface area contributed by atoms with E-state index in [4.69, 9.17) is 9.47 Å². The van der Waals surface area contributed by atoms with Crippen LogP contribution in [0.25, 0.3) is 0 Å². The molecule has 128 valence electrons. The van der Waals surface area contributed by atoms with Crippen molar-refractivity contribution in [3.8, 4) is 11.5 Å². The van der Waals surface area contributed by atoms with Gasteiger partial charge >= 0.3 is 5.97 Å². The molecule has 0 atom stereocenters. The maximum atomic E-state index is 12.3. The van der Waals surface area contributed by atoms with E-state index in [-0.39, 0.29) is 0 Å². The van der Waals surface area contributed by atoms with Crippen molar-refractivity contribution in [2.24, 2.45) is 0 Å². The number of benzene rings is 2. The minimum absolute atomic E-state index is 0.320. The summed E-state index contributed by atoms with van der Waals surface area (Å²) in [6.45, 7) is 4.14. The summed E-state index contributed by atoms with van der Waals surface area (Å²) >= 11 is 4.64. The molecule has 0 bridgehead atoms. The van der Waals surface area contributed by atoms with Gasteiger partial charge in [0, 0.05) is 4.47 Å². The quantitative estimate of drug-likeness (QED) is 0.416. The molecular formula is C19H16BrNO3S. The van der Waals surface area contributed by atoms with Crippen LogP contribution in [0.15, 0.2) is 53.0 Å². The highest BCUT2D eigenvalue weighted by atomic mass is 79.9. The Balaban J connectivity index is 1.65. The number of carbonyl (C=O) groups excluding carboxylic acids is 1. The van der Waals surface area contributed by atoms with Gasteiger partial charge in [0.15, 0.2) is 0 Å². The highest BCUT2D eigenvalue weighted by Gasteiger charge is 2.17. The molecule has 2 aromatic carbocycles. The average Bonchev–Trinajstić information content (AvgIpc) is 2.97. The second kappa shape index (κ2) is 7.80. The standard InChI is InChI=1S/C19H16BrNO3S/c1-12-3-7-15(8-4-12)23-11-17-21-13(2)18(25-17)19(22)24-16-9-5-14(20)6-10-16/h3-10H,11H2,1-2H3. The summed E-state index contributed by atoms with van der Waals surface area (Å²) in [5.74, 6) is 0.870. The molecule has 0 aliphatic heterocycles. The van der Waals surface area contributed by atoms with Gasteiger partial charge in [0.2, 0.25) is 0 Å². The summed E-state index contributed by atoms with van der Waals surface area (Å²) in [4.78, 5) is 17.2. The van der Waals surface area contributed by atoms with Crippen LogP contribution in [-0.2, 0) is 6.61 Å². The highest BCUT2D eigenvalue weighted by molar-refractivity contribution is 9.10. The van der Waals surface area contributed by atoms with E-state index in [1.165, 1.54) is 16.9 Å². The monoisotopic (exact) mass is 417 g/mol. The van der Waals surface area contributed by atoms with Crippen molar-refractivity contribution in [3.63, 3.8) is 0 Å². The van der Waals surface area contributed by atoms with E-state index >= 15 is 0 Å². The third-order valence-electron chi connectivity index (χ3n) is 3.43. The Morgan fingerprint density at radius 3 is 2.36 bits per heavy atom. The Morgan fingerprint density at radius 1 is 1.04 bits per heavy atom. The maximum Gasteiger partial charge on any atom is 0.355 e. The lowest BCUT2D eigenvalue weighted by Crippen LogP contribution is -2.07. The lowest BCUT2D eigenvalue weighted by Gasteiger charge is -2.04. The molecule has 3 aromatic rings. The van der Waals surface area contributed by atoms with Gasteiger partial charge in [-0.25, -0.2) is 9.78 Å². The molecular weight excluding hydrogens is 402 g/mol. The van der Waals surface area contributed by atoms with E-state index in [0.717, 1.165) is 15.2 Å². The van der Waals surface area contributed by atoms with Gasteiger partial charge in [-0.1, -0.05) is 33.6 Å². The summed E-state index contributed by atoms with van der Waals surface area (Å²) in [7, 11) is 0. The molecule has 0 unspecified atom stereocenters. The molecule has 1 aromatic heterocycles. The highest BCUT2D eigenvalue weighted by Crippen LogP contribution is 2.23. The van der Waals surface area contributed by atoms with Gasteiger partial charge in [-0.2, -0.15) is 0 Å². The number of aryl methyl sites for hydroxylation is 2. The zero-order valence-corrected chi connectivity index (χ0v) is 16.2. The normalized spacial score (nSPS) is 10.5. The first-order valence-corrected chi connectivity index (χ1v) is 9.26. The largest absolute Gasteiger partial charge is 0.486 e. The number of rotatable bonds is 5. The smallest absolute Gasteiger partial charge is 0.355 e. The number of halogens is 1. The molecule has 25 heavy (non-hydrogen) atoms. The number of hydrogen-bond acceptors (Lipinski definition) is 5. The van der Waals surface area contributed by atoms with Gasteiger partial charge in [0.05, 0.1) is 5.69 Å². The first-order valence-electron chi connectivity index (χ1n) is 7.65. The maximum absolute atomic E-state index is 12.3. The summed E-state index contributed by atoms with van der Waals surface area (Å²) in [6.07, 6.45) is 0. The summed E-state index contributed by atoms with van der Waals surface area (Å²) in [6, 6.07) is 14.9. The summed E-state index contributed by atoms with van der Waals surface area (Å²) in [5.41, 5.74) is 1.82. The minimum atomic E-state index is -0.404. The molecule has 6 heteroatoms. The average molecular weight is 418 g/mol. The van der Waals surface area contributed by atoms with Crippen molar-refractivity contribution in [1.29, 1.82) is 0 Å². The molecule has 0 aliphatic rings. The molecule has 4 nitrogen and oxygen atoms in total. The van der Waals surface area contributed by atoms with E-state index < -0.39 is 5.97 Å². The lowest BCUT2D eigenvalue weighted by atomic mass is 10.2. The molecule has 1 heterocycles. The van der Waals surface area contributed by atoms with Crippen LogP contribution in [0.1, 0.15) is 25.9 Å². The zero-order chi connectivity index (χ0) is 17.8. The number of thiazole rings is 1. The fraction of sp³-hybridized carbons (Fsp3) is 0.158. The second-order valence-corrected chi connectivity index (χ2v) is 7.47. The van der Waals surface area contributed by atoms with Crippen LogP contribution in [0.4, 0.5) is 0 Å². The molecule has 0 saturated heterocycles. The predicted octanol–water partition coefficient (Wildman–Crippen LogP) is 5.32. The molecule has 0 N–H and O–H groups in total. The lowest BCUT2D eigenvalue weighted by molar-refractivity contribution is 0.0739. The molecule has 3 rings (SSSR count). The number of carbonyl (C=O) groups is 1. The number of hydrogen-bond donors (Lipinski definition) is 0. The topological polar surface area (TPSA) is 48.4 Å². The van der Waals surface area contributed by atoms with Crippen LogP contribution < -0.4 is 9.47 Å². The van der Waals surface area contributed by atoms with E-state index in [9.17, 15) is 4.79 Å². The second-order valence-electron chi connectivity index (χ2n) is 5.47. The molecule has 0 spiro atoms. The Hall–Kier alpha value is -2.18. The van der Waals surface area contributed by atoms with Crippen molar-refractivity contribution in [1.82, 2.24) is 4.98 Å². The third-order valence-corrected chi connectivity index (χ3v) is 5.07. The van der Waals surface area contributed by atoms with Crippen molar-refractivity contribution in [3.05, 3.63) is 74.1 Å². The minimum Gasteiger partial charge on any atom is -0.486 e. The van der Waals surface area contributed by atoms with Crippen molar-refractivity contribution >= 4 is 33.2 Å². The summed E-state index contributed by atoms with van der Waals surface area (Å²) < 4.78 is 12.0.